The maximum atomic E-state index is 4.86. The summed E-state index contributed by atoms with van der Waals surface area (Å²) < 4.78 is 0. The van der Waals surface area contributed by atoms with Crippen LogP contribution in [-0.2, 0) is 5.54 Å². The first-order chi connectivity index (χ1) is 15.4. The number of aromatic nitrogens is 4. The summed E-state index contributed by atoms with van der Waals surface area (Å²) in [4.78, 5) is 2.82. The van der Waals surface area contributed by atoms with E-state index in [4.69, 9.17) is 5.10 Å². The molecule has 4 aromatic carbocycles. The van der Waals surface area contributed by atoms with Crippen LogP contribution in [0, 0.1) is 0 Å². The molecule has 1 heterocycles. The van der Waals surface area contributed by atoms with Crippen molar-refractivity contribution in [1.82, 2.24) is 20.2 Å². The van der Waals surface area contributed by atoms with Crippen molar-refractivity contribution in [2.75, 3.05) is 0 Å². The van der Waals surface area contributed by atoms with Gasteiger partial charge in [0.1, 0.15) is 0 Å². The van der Waals surface area contributed by atoms with E-state index in [1.807, 2.05) is 84.9 Å². The molecule has 0 aliphatic heterocycles. The molecule has 0 unspecified atom stereocenters. The Bertz CT molecular complexity index is 1140. The van der Waals surface area contributed by atoms with E-state index in [1.165, 1.54) is 11.8 Å². The summed E-state index contributed by atoms with van der Waals surface area (Å²) in [6, 6.07) is 41.2. The summed E-state index contributed by atoms with van der Waals surface area (Å²) in [5.41, 5.74) is 2.47. The highest BCUT2D eigenvalue weighted by atomic mass is 32.2. The van der Waals surface area contributed by atoms with Gasteiger partial charge in [-0.1, -0.05) is 109 Å². The van der Waals surface area contributed by atoms with Gasteiger partial charge >= 0.3 is 0 Å². The Morgan fingerprint density at radius 3 is 1.42 bits per heavy atom. The Morgan fingerprint density at radius 1 is 0.548 bits per heavy atom. The van der Waals surface area contributed by atoms with E-state index < -0.39 is 5.54 Å². The fourth-order valence-electron chi connectivity index (χ4n) is 3.86. The predicted octanol–water partition coefficient (Wildman–Crippen LogP) is 5.66. The fraction of sp³-hybridized carbons (Fsp3) is 0.0385. The highest BCUT2D eigenvalue weighted by Gasteiger charge is 2.41. The standard InChI is InChI=1S/C26H20N4S/c1-5-13-21(14-6-1)26(22-15-7-2-8-16-22,23-17-9-3-10-18-23)30-28-25(27-29-30)31-24-19-11-4-12-20-24/h1-20H. The molecule has 5 rings (SSSR count). The minimum absolute atomic E-state index is 0.610. The van der Waals surface area contributed by atoms with Crippen molar-refractivity contribution in [2.24, 2.45) is 0 Å². The Hall–Kier alpha value is -3.70. The van der Waals surface area contributed by atoms with Crippen molar-refractivity contribution in [3.8, 4) is 0 Å². The second-order valence-corrected chi connectivity index (χ2v) is 8.13. The summed E-state index contributed by atoms with van der Waals surface area (Å²) in [7, 11) is 0. The quantitative estimate of drug-likeness (QED) is 0.332. The van der Waals surface area contributed by atoms with Crippen molar-refractivity contribution in [1.29, 1.82) is 0 Å². The second kappa shape index (κ2) is 8.58. The van der Waals surface area contributed by atoms with E-state index in [1.54, 1.807) is 4.80 Å². The van der Waals surface area contributed by atoms with Gasteiger partial charge in [0.15, 0.2) is 5.54 Å². The van der Waals surface area contributed by atoms with Gasteiger partial charge in [-0.25, -0.2) is 0 Å². The van der Waals surface area contributed by atoms with Crippen LogP contribution in [-0.4, -0.2) is 20.2 Å². The Kier molecular flexibility index (Phi) is 5.33. The molecular formula is C26H20N4S. The van der Waals surface area contributed by atoms with Crippen LogP contribution in [0.15, 0.2) is 131 Å². The Balaban J connectivity index is 1.73. The van der Waals surface area contributed by atoms with Crippen LogP contribution >= 0.6 is 11.8 Å². The first-order valence-corrected chi connectivity index (χ1v) is 10.9. The molecule has 31 heavy (non-hydrogen) atoms. The van der Waals surface area contributed by atoms with Crippen LogP contribution in [0.5, 0.6) is 0 Å². The number of rotatable bonds is 6. The van der Waals surface area contributed by atoms with Crippen molar-refractivity contribution < 1.29 is 0 Å². The summed E-state index contributed by atoms with van der Waals surface area (Å²) in [5, 5.41) is 14.4. The summed E-state index contributed by atoms with van der Waals surface area (Å²) >= 11 is 1.50. The van der Waals surface area contributed by atoms with E-state index in [0.29, 0.717) is 5.16 Å². The molecule has 0 atom stereocenters. The maximum Gasteiger partial charge on any atom is 0.236 e. The number of hydrogen-bond donors (Lipinski definition) is 0. The fourth-order valence-corrected chi connectivity index (χ4v) is 4.56. The van der Waals surface area contributed by atoms with E-state index in [0.717, 1.165) is 21.6 Å². The van der Waals surface area contributed by atoms with Crippen molar-refractivity contribution in [3.05, 3.63) is 138 Å². The molecule has 0 amide bonds. The van der Waals surface area contributed by atoms with Crippen molar-refractivity contribution in [2.45, 2.75) is 15.6 Å². The summed E-state index contributed by atoms with van der Waals surface area (Å²) in [6.45, 7) is 0. The molecule has 0 bridgehead atoms. The Morgan fingerprint density at radius 2 is 0.968 bits per heavy atom. The van der Waals surface area contributed by atoms with Gasteiger partial charge in [-0.15, -0.1) is 15.0 Å². The average Bonchev–Trinajstić information content (AvgIpc) is 3.31. The first-order valence-electron chi connectivity index (χ1n) is 10.1. The highest BCUT2D eigenvalue weighted by Crippen LogP contribution is 2.40. The zero-order chi connectivity index (χ0) is 20.9. The normalized spacial score (nSPS) is 11.4. The summed E-state index contributed by atoms with van der Waals surface area (Å²) in [6.07, 6.45) is 0. The van der Waals surface area contributed by atoms with Crippen LogP contribution in [0.3, 0.4) is 0 Å². The van der Waals surface area contributed by atoms with Gasteiger partial charge in [0.2, 0.25) is 5.16 Å². The number of nitrogens with zero attached hydrogens (tertiary/aromatic N) is 4. The van der Waals surface area contributed by atoms with Gasteiger partial charge in [0, 0.05) is 4.90 Å². The lowest BCUT2D eigenvalue weighted by atomic mass is 9.77. The van der Waals surface area contributed by atoms with Gasteiger partial charge in [-0.2, -0.15) is 0 Å². The van der Waals surface area contributed by atoms with Crippen molar-refractivity contribution >= 4 is 11.8 Å². The van der Waals surface area contributed by atoms with Crippen molar-refractivity contribution in [3.63, 3.8) is 0 Å². The molecule has 1 aromatic heterocycles. The zero-order valence-corrected chi connectivity index (χ0v) is 17.6. The smallest absolute Gasteiger partial charge is 0.143 e. The van der Waals surface area contributed by atoms with Gasteiger partial charge in [0.25, 0.3) is 0 Å². The lowest BCUT2D eigenvalue weighted by Gasteiger charge is -2.34. The molecule has 5 aromatic rings. The monoisotopic (exact) mass is 420 g/mol. The SMILES string of the molecule is c1ccc(Sc2nnn(C(c3ccccc3)(c3ccccc3)c3ccccc3)n2)cc1. The minimum atomic E-state index is -0.744. The molecular weight excluding hydrogens is 400 g/mol. The molecule has 0 aliphatic carbocycles. The summed E-state index contributed by atoms with van der Waals surface area (Å²) in [5.74, 6) is 0. The third-order valence-corrected chi connectivity index (χ3v) is 6.08. The molecule has 0 radical (unpaired) electrons. The number of benzene rings is 4. The molecule has 0 N–H and O–H groups in total. The van der Waals surface area contributed by atoms with Crippen LogP contribution in [0.2, 0.25) is 0 Å². The molecule has 0 aliphatic rings. The van der Waals surface area contributed by atoms with Crippen LogP contribution in [0.1, 0.15) is 16.7 Å². The topological polar surface area (TPSA) is 43.6 Å². The van der Waals surface area contributed by atoms with Gasteiger partial charge in [-0.05, 0) is 45.8 Å². The number of hydrogen-bond acceptors (Lipinski definition) is 4. The third kappa shape index (κ3) is 3.64. The lowest BCUT2D eigenvalue weighted by Crippen LogP contribution is -2.39. The predicted molar refractivity (Wildman–Crippen MR) is 123 cm³/mol. The molecule has 0 spiro atoms. The molecule has 0 saturated carbocycles. The molecule has 5 heteroatoms. The van der Waals surface area contributed by atoms with E-state index in [-0.39, 0.29) is 0 Å². The molecule has 4 nitrogen and oxygen atoms in total. The Labute approximate surface area is 185 Å². The average molecular weight is 421 g/mol. The largest absolute Gasteiger partial charge is 0.236 e. The van der Waals surface area contributed by atoms with Gasteiger partial charge < -0.3 is 0 Å². The van der Waals surface area contributed by atoms with Crippen LogP contribution in [0.4, 0.5) is 0 Å². The molecule has 0 saturated heterocycles. The minimum Gasteiger partial charge on any atom is -0.143 e. The zero-order valence-electron chi connectivity index (χ0n) is 16.7. The van der Waals surface area contributed by atoms with Crippen LogP contribution < -0.4 is 0 Å². The van der Waals surface area contributed by atoms with Crippen LogP contribution in [0.25, 0.3) is 0 Å². The second-order valence-electron chi connectivity index (χ2n) is 7.09. The maximum absolute atomic E-state index is 4.86. The van der Waals surface area contributed by atoms with Gasteiger partial charge in [-0.3, -0.25) is 0 Å². The van der Waals surface area contributed by atoms with E-state index in [9.17, 15) is 0 Å². The molecule has 0 fully saturated rings. The third-order valence-electron chi connectivity index (χ3n) is 5.22. The lowest BCUT2D eigenvalue weighted by molar-refractivity contribution is 0.393. The highest BCUT2D eigenvalue weighted by molar-refractivity contribution is 7.99. The van der Waals surface area contributed by atoms with E-state index in [2.05, 4.69) is 46.7 Å². The first kappa shape index (κ1) is 19.3. The number of tetrazole rings is 1. The molecule has 150 valence electrons. The van der Waals surface area contributed by atoms with E-state index >= 15 is 0 Å². The van der Waals surface area contributed by atoms with Gasteiger partial charge in [0.05, 0.1) is 0 Å².